The highest BCUT2D eigenvalue weighted by Gasteiger charge is 2.57. The van der Waals surface area contributed by atoms with E-state index < -0.39 is 0 Å². The molecule has 0 heterocycles. The molecule has 0 aliphatic heterocycles. The molecule has 0 amide bonds. The lowest BCUT2D eigenvalue weighted by molar-refractivity contribution is -0.108. The van der Waals surface area contributed by atoms with E-state index in [1.165, 1.54) is 57.8 Å². The van der Waals surface area contributed by atoms with Gasteiger partial charge in [0.15, 0.2) is 0 Å². The third-order valence-corrected chi connectivity index (χ3v) is 8.84. The number of fused-ring (bicyclic) bond motifs is 5. The van der Waals surface area contributed by atoms with Crippen LogP contribution in [-0.2, 0) is 0 Å². The highest BCUT2D eigenvalue weighted by atomic mass is 14.6. The molecule has 0 aromatic heterocycles. The minimum Gasteiger partial charge on any atom is -0.133 e. The summed E-state index contributed by atoms with van der Waals surface area (Å²) in [6.07, 6.45) is 17.2. The largest absolute Gasteiger partial charge is 0.133 e. The van der Waals surface area contributed by atoms with Gasteiger partial charge in [0, 0.05) is 0 Å². The maximum atomic E-state index is 3.81. The molecule has 4 aliphatic carbocycles. The molecular weight excluding hydrogens is 264 g/mol. The van der Waals surface area contributed by atoms with Gasteiger partial charge in [-0.3, -0.25) is 0 Å². The van der Waals surface area contributed by atoms with Gasteiger partial charge in [-0.25, -0.2) is 0 Å². The number of hydrogen-bond donors (Lipinski definition) is 0. The van der Waals surface area contributed by atoms with Crippen LogP contribution in [0.5, 0.6) is 0 Å². The molecule has 0 nitrogen and oxygen atoms in total. The summed E-state index contributed by atoms with van der Waals surface area (Å²) >= 11 is 0. The first-order chi connectivity index (χ1) is 10.6. The summed E-state index contributed by atoms with van der Waals surface area (Å²) in [6, 6.07) is 0. The zero-order valence-electron chi connectivity index (χ0n) is 14.7. The molecule has 7 atom stereocenters. The molecule has 4 rings (SSSR count). The van der Waals surface area contributed by atoms with Crippen LogP contribution in [-0.4, -0.2) is 0 Å². The fourth-order valence-corrected chi connectivity index (χ4v) is 7.60. The lowest BCUT2D eigenvalue weighted by Gasteiger charge is -2.60. The van der Waals surface area contributed by atoms with Crippen LogP contribution in [0.4, 0.5) is 0 Å². The van der Waals surface area contributed by atoms with Crippen molar-refractivity contribution in [1.82, 2.24) is 0 Å². The Bertz CT molecular complexity index is 484. The van der Waals surface area contributed by atoms with E-state index in [4.69, 9.17) is 0 Å². The lowest BCUT2D eigenvalue weighted by atomic mass is 9.45. The van der Waals surface area contributed by atoms with E-state index in [-0.39, 0.29) is 0 Å². The molecule has 4 aliphatic rings. The van der Waals surface area contributed by atoms with Crippen molar-refractivity contribution in [2.45, 2.75) is 78.1 Å². The summed E-state index contributed by atoms with van der Waals surface area (Å²) in [4.78, 5) is 0. The van der Waals surface area contributed by atoms with Crippen molar-refractivity contribution >= 4 is 0 Å². The van der Waals surface area contributed by atoms with Crippen LogP contribution in [0.15, 0.2) is 18.4 Å². The molecule has 0 spiro atoms. The molecule has 2 unspecified atom stereocenters. The number of allylic oxidation sites excluding steroid dienone is 1. The predicted molar refractivity (Wildman–Crippen MR) is 93.5 cm³/mol. The van der Waals surface area contributed by atoms with Crippen molar-refractivity contribution in [3.63, 3.8) is 0 Å². The molecule has 0 saturated heterocycles. The minimum atomic E-state index is 0.651. The first-order valence-electron chi connectivity index (χ1n) is 9.93. The average molecular weight is 299 g/mol. The SMILES string of the molecule is C=C=CC1CC[C@@]2(C)C(CC[C@H]3[C@@H]4CCC[C@@]4(C)CC[C@@H]32)C1. The molecular formula is C22H34. The van der Waals surface area contributed by atoms with Crippen molar-refractivity contribution in [3.8, 4) is 0 Å². The van der Waals surface area contributed by atoms with Crippen LogP contribution >= 0.6 is 0 Å². The van der Waals surface area contributed by atoms with Crippen molar-refractivity contribution < 1.29 is 0 Å². The molecule has 0 heteroatoms. The Kier molecular flexibility index (Phi) is 3.61. The summed E-state index contributed by atoms with van der Waals surface area (Å²) in [5.74, 6) is 4.91. The van der Waals surface area contributed by atoms with E-state index in [0.29, 0.717) is 10.8 Å². The fourth-order valence-electron chi connectivity index (χ4n) is 7.60. The van der Waals surface area contributed by atoms with Crippen LogP contribution in [0.25, 0.3) is 0 Å². The molecule has 0 bridgehead atoms. The van der Waals surface area contributed by atoms with Crippen LogP contribution in [0.2, 0.25) is 0 Å². The van der Waals surface area contributed by atoms with Crippen molar-refractivity contribution in [1.29, 1.82) is 0 Å². The van der Waals surface area contributed by atoms with Crippen molar-refractivity contribution in [2.75, 3.05) is 0 Å². The standard InChI is InChI=1S/C22H34/c1-4-6-16-10-14-22(3)17(15-16)8-9-18-19-7-5-12-21(19,2)13-11-20(18)22/h6,16-20H,1,5,7-15H2,2-3H3/t16?,17?,18-,19-,20-,21-,22-/m0/s1. The fraction of sp³-hybridized carbons (Fsp3) is 0.864. The Balaban J connectivity index is 1.58. The van der Waals surface area contributed by atoms with Gasteiger partial charge in [-0.2, -0.15) is 0 Å². The van der Waals surface area contributed by atoms with Crippen molar-refractivity contribution in [2.24, 2.45) is 40.4 Å². The topological polar surface area (TPSA) is 0 Å². The van der Waals surface area contributed by atoms with E-state index in [1.807, 2.05) is 0 Å². The van der Waals surface area contributed by atoms with Gasteiger partial charge in [0.05, 0.1) is 0 Å². The molecule has 122 valence electrons. The van der Waals surface area contributed by atoms with Gasteiger partial charge in [-0.1, -0.05) is 26.8 Å². The Morgan fingerprint density at radius 3 is 2.64 bits per heavy atom. The van der Waals surface area contributed by atoms with Gasteiger partial charge in [0.1, 0.15) is 0 Å². The highest BCUT2D eigenvalue weighted by molar-refractivity contribution is 5.08. The van der Waals surface area contributed by atoms with Gasteiger partial charge >= 0.3 is 0 Å². The maximum Gasteiger partial charge on any atom is -0.0155 e. The zero-order valence-corrected chi connectivity index (χ0v) is 14.7. The number of rotatable bonds is 1. The Labute approximate surface area is 137 Å². The second kappa shape index (κ2) is 5.27. The Hall–Kier alpha value is -0.480. The molecule has 0 aromatic carbocycles. The zero-order chi connectivity index (χ0) is 15.4. The Morgan fingerprint density at radius 1 is 0.955 bits per heavy atom. The van der Waals surface area contributed by atoms with Crippen LogP contribution in [0.1, 0.15) is 78.1 Å². The van der Waals surface area contributed by atoms with E-state index in [9.17, 15) is 0 Å². The highest BCUT2D eigenvalue weighted by Crippen LogP contribution is 2.66. The summed E-state index contributed by atoms with van der Waals surface area (Å²) in [5, 5.41) is 0. The van der Waals surface area contributed by atoms with Gasteiger partial charge in [-0.05, 0) is 104 Å². The molecule has 0 aromatic rings. The average Bonchev–Trinajstić information content (AvgIpc) is 2.89. The first kappa shape index (κ1) is 15.1. The van der Waals surface area contributed by atoms with Gasteiger partial charge in [0.25, 0.3) is 0 Å². The van der Waals surface area contributed by atoms with Crippen LogP contribution in [0.3, 0.4) is 0 Å². The van der Waals surface area contributed by atoms with Crippen LogP contribution in [0, 0.1) is 40.4 Å². The minimum absolute atomic E-state index is 0.651. The van der Waals surface area contributed by atoms with Gasteiger partial charge < -0.3 is 0 Å². The third kappa shape index (κ3) is 2.10. The smallest absolute Gasteiger partial charge is 0.0155 e. The normalized spacial score (nSPS) is 53.8. The van der Waals surface area contributed by atoms with E-state index in [2.05, 4.69) is 32.2 Å². The van der Waals surface area contributed by atoms with Crippen molar-refractivity contribution in [3.05, 3.63) is 18.4 Å². The second-order valence-corrected chi connectivity index (χ2v) is 9.65. The summed E-state index contributed by atoms with van der Waals surface area (Å²) < 4.78 is 0. The number of hydrogen-bond acceptors (Lipinski definition) is 0. The molecule has 4 fully saturated rings. The van der Waals surface area contributed by atoms with Gasteiger partial charge in [-0.15, -0.1) is 5.73 Å². The maximum absolute atomic E-state index is 3.81. The van der Waals surface area contributed by atoms with E-state index >= 15 is 0 Å². The molecule has 22 heavy (non-hydrogen) atoms. The van der Waals surface area contributed by atoms with Crippen LogP contribution < -0.4 is 0 Å². The summed E-state index contributed by atoms with van der Waals surface area (Å²) in [5.41, 5.74) is 4.43. The second-order valence-electron chi connectivity index (χ2n) is 9.65. The molecule has 4 saturated carbocycles. The first-order valence-corrected chi connectivity index (χ1v) is 9.93. The van der Waals surface area contributed by atoms with Gasteiger partial charge in [0.2, 0.25) is 0 Å². The lowest BCUT2D eigenvalue weighted by Crippen LogP contribution is -2.52. The third-order valence-electron chi connectivity index (χ3n) is 8.84. The van der Waals surface area contributed by atoms with E-state index in [0.717, 1.165) is 29.6 Å². The predicted octanol–water partition coefficient (Wildman–Crippen LogP) is 6.38. The molecule has 0 N–H and O–H groups in total. The molecule has 0 radical (unpaired) electrons. The van der Waals surface area contributed by atoms with E-state index in [1.54, 1.807) is 6.42 Å². The summed E-state index contributed by atoms with van der Waals surface area (Å²) in [7, 11) is 0. The summed E-state index contributed by atoms with van der Waals surface area (Å²) in [6.45, 7) is 9.11. The Morgan fingerprint density at radius 2 is 1.82 bits per heavy atom. The quantitative estimate of drug-likeness (QED) is 0.493. The monoisotopic (exact) mass is 298 g/mol.